The Kier molecular flexibility index (Phi) is 16.3. The van der Waals surface area contributed by atoms with Crippen molar-refractivity contribution in [3.63, 3.8) is 0 Å². The molecule has 15 heterocycles. The third-order valence-electron chi connectivity index (χ3n) is 18.3. The van der Waals surface area contributed by atoms with Gasteiger partial charge in [0.25, 0.3) is 22.2 Å². The second kappa shape index (κ2) is 24.3. The van der Waals surface area contributed by atoms with Crippen LogP contribution >= 0.6 is 11.6 Å². The molecule has 0 bridgehead atoms. The lowest BCUT2D eigenvalue weighted by atomic mass is 9.80. The Balaban J connectivity index is 0.000000132. The predicted octanol–water partition coefficient (Wildman–Crippen LogP) is 5.94. The Morgan fingerprint density at radius 3 is 1.58 bits per heavy atom. The molecule has 92 heavy (non-hydrogen) atoms. The molecule has 0 aromatic carbocycles. The molecule has 0 saturated carbocycles. The largest absolute Gasteiger partial charge is 0.496 e. The van der Waals surface area contributed by atoms with Crippen molar-refractivity contribution in [2.24, 2.45) is 14.1 Å². The van der Waals surface area contributed by atoms with Crippen molar-refractivity contribution in [3.05, 3.63) is 166 Å². The topological polar surface area (TPSA) is 268 Å². The number of pyridine rings is 4. The Labute approximate surface area is 532 Å². The second-order valence-corrected chi connectivity index (χ2v) is 25.6. The molecule has 1 fully saturated rings. The van der Waals surface area contributed by atoms with E-state index in [1.807, 2.05) is 61.6 Å². The minimum Gasteiger partial charge on any atom is -0.399 e. The van der Waals surface area contributed by atoms with Crippen molar-refractivity contribution >= 4 is 81.3 Å². The highest BCUT2D eigenvalue weighted by Gasteiger charge is 2.52. The average molecular weight is 1270 g/mol. The van der Waals surface area contributed by atoms with Crippen LogP contribution in [-0.2, 0) is 75.5 Å². The van der Waals surface area contributed by atoms with Gasteiger partial charge >= 0.3 is 7.12 Å². The summed E-state index contributed by atoms with van der Waals surface area (Å²) in [6, 6.07) is 10.6. The quantitative estimate of drug-likeness (QED) is 0.119. The zero-order valence-corrected chi connectivity index (χ0v) is 53.3. The fourth-order valence-corrected chi connectivity index (χ4v) is 12.8. The molecule has 0 radical (unpaired) electrons. The number of aldehydes is 2. The number of likely N-dealkylation sites (N-methyl/N-ethyl adjacent to an activating group) is 2. The van der Waals surface area contributed by atoms with Gasteiger partial charge in [-0.2, -0.15) is 29.8 Å². The standard InChI is InChI=1S/C29H29N9O3.C19H28BN5O3.C16H13ClN4O2/c1-34-9-10-37-19(15-34)12-26(33-37)32-24-11-18(14-35(2)29(24)41)20-6-7-30-27(23(20)17-39)38-28(40)22-16-36-8-4-3-5-25(36)21(22)13-31-38;1-18(2)19(3,4)28-20(27-18)13-9-15(17(26)24(6)11-13)21-16-10-14-12-23(5)7-8-25(14)22-16;17-13-4-5-18-15(12(13)9-22)21-16(23)11-8-20-6-2-1-3-14(20)10(11)7-19-21/h6-7,11-14,16-17H,3-5,8-10,15H2,1-2H3,(H,32,33);9-11H,7-8,12H2,1-6H3,(H,21,22);4-5,7-9H,1-3,6H2. The third-order valence-corrected chi connectivity index (χ3v) is 18.6. The van der Waals surface area contributed by atoms with E-state index in [-0.39, 0.29) is 50.0 Å². The van der Waals surface area contributed by atoms with Crippen LogP contribution in [0, 0.1) is 0 Å². The predicted molar refractivity (Wildman–Crippen MR) is 350 cm³/mol. The lowest BCUT2D eigenvalue weighted by molar-refractivity contribution is 0.00578. The van der Waals surface area contributed by atoms with Gasteiger partial charge in [-0.15, -0.1) is 0 Å². The first-order valence-electron chi connectivity index (χ1n) is 30.7. The van der Waals surface area contributed by atoms with Crippen molar-refractivity contribution in [1.29, 1.82) is 0 Å². The van der Waals surface area contributed by atoms with Crippen molar-refractivity contribution in [3.8, 4) is 22.8 Å². The molecule has 2 N–H and O–H groups in total. The molecule has 0 atom stereocenters. The maximum Gasteiger partial charge on any atom is 0.496 e. The first-order chi connectivity index (χ1) is 44.2. The van der Waals surface area contributed by atoms with Gasteiger partial charge in [0, 0.05) is 136 Å². The smallest absolute Gasteiger partial charge is 0.399 e. The van der Waals surface area contributed by atoms with Crippen LogP contribution in [0.25, 0.3) is 44.3 Å². The maximum absolute atomic E-state index is 13.6. The van der Waals surface area contributed by atoms with E-state index in [1.54, 1.807) is 67.8 Å². The van der Waals surface area contributed by atoms with Gasteiger partial charge in [0.1, 0.15) is 11.4 Å². The van der Waals surface area contributed by atoms with Crippen LogP contribution in [0.5, 0.6) is 0 Å². The summed E-state index contributed by atoms with van der Waals surface area (Å²) >= 11 is 6.01. The molecule has 1 saturated heterocycles. The fourth-order valence-electron chi connectivity index (χ4n) is 12.6. The molecule has 5 aliphatic rings. The van der Waals surface area contributed by atoms with Crippen molar-refractivity contribution in [2.75, 3.05) is 37.8 Å². The first kappa shape index (κ1) is 61.5. The van der Waals surface area contributed by atoms with E-state index < -0.39 is 18.3 Å². The van der Waals surface area contributed by atoms with Crippen molar-refractivity contribution in [1.82, 2.24) is 77.2 Å². The first-order valence-corrected chi connectivity index (χ1v) is 31.1. The molecule has 5 aliphatic heterocycles. The average Bonchev–Trinajstić information content (AvgIpc) is 1.58. The Morgan fingerprint density at radius 1 is 0.565 bits per heavy atom. The number of rotatable bonds is 10. The summed E-state index contributed by atoms with van der Waals surface area (Å²) < 4.78 is 25.8. The van der Waals surface area contributed by atoms with E-state index in [0.29, 0.717) is 57.5 Å². The molecule has 0 unspecified atom stereocenters. The van der Waals surface area contributed by atoms with Crippen LogP contribution in [0.15, 0.2) is 105 Å². The number of hydrogen-bond acceptors (Lipinski definition) is 18. The van der Waals surface area contributed by atoms with E-state index in [2.05, 4.69) is 74.0 Å². The Morgan fingerprint density at radius 2 is 1.05 bits per heavy atom. The highest BCUT2D eigenvalue weighted by Crippen LogP contribution is 2.37. The number of halogens is 1. The maximum atomic E-state index is 13.6. The van der Waals surface area contributed by atoms with Gasteiger partial charge in [0.2, 0.25) is 0 Å². The molecule has 10 aromatic heterocycles. The van der Waals surface area contributed by atoms with Crippen LogP contribution in [0.3, 0.4) is 0 Å². The van der Waals surface area contributed by atoms with Crippen molar-refractivity contribution in [2.45, 2.75) is 117 Å². The highest BCUT2D eigenvalue weighted by atomic mass is 35.5. The minimum absolute atomic E-state index is 0.122. The summed E-state index contributed by atoms with van der Waals surface area (Å²) in [6.07, 6.45) is 21.0. The molecule has 10 aromatic rings. The summed E-state index contributed by atoms with van der Waals surface area (Å²) in [5.41, 5.74) is 5.70. The van der Waals surface area contributed by atoms with Gasteiger partial charge in [-0.1, -0.05) is 11.6 Å². The van der Waals surface area contributed by atoms with E-state index >= 15 is 0 Å². The second-order valence-electron chi connectivity index (χ2n) is 25.2. The molecule has 474 valence electrons. The van der Waals surface area contributed by atoms with Gasteiger partial charge < -0.3 is 38.2 Å². The summed E-state index contributed by atoms with van der Waals surface area (Å²) in [7, 11) is 7.01. The zero-order valence-electron chi connectivity index (χ0n) is 52.5. The lowest BCUT2D eigenvalue weighted by Crippen LogP contribution is -2.41. The molecule has 15 rings (SSSR count). The van der Waals surface area contributed by atoms with Crippen LogP contribution in [0.2, 0.25) is 5.02 Å². The van der Waals surface area contributed by atoms with Gasteiger partial charge in [0.15, 0.2) is 35.8 Å². The Hall–Kier alpha value is -9.41. The summed E-state index contributed by atoms with van der Waals surface area (Å²) in [4.78, 5) is 88.9. The van der Waals surface area contributed by atoms with Crippen LogP contribution in [-0.4, -0.2) is 135 Å². The SMILES string of the molecule is CN1CCn2nc(Nc3cc(-c4ccnc(-n5ncc6c7n(cc6c5=O)CCCC7)c4C=O)cn(C)c3=O)cc2C1.CN1CCn2nc(Nc3cc(B4OC(C)(C)C(C)(C)O4)cn(C)c3=O)cc2C1.O=Cc1c(Cl)ccnc1-n1ncc2c3n(cc2c1=O)CCCC3. The van der Waals surface area contributed by atoms with E-state index in [0.717, 1.165) is 135 Å². The molecule has 26 nitrogen and oxygen atoms in total. The Bertz CT molecular complexity index is 4820. The highest BCUT2D eigenvalue weighted by molar-refractivity contribution is 6.62. The number of aryl methyl sites for hydroxylation is 6. The van der Waals surface area contributed by atoms with Crippen LogP contribution < -0.4 is 38.3 Å². The number of carbonyl (C=O) groups excluding carboxylic acids is 2. The molecule has 0 spiro atoms. The fraction of sp³-hybridized carbons (Fsp3) is 0.375. The number of anilines is 4. The lowest BCUT2D eigenvalue weighted by Gasteiger charge is -2.32. The minimum atomic E-state index is -0.527. The monoisotopic (exact) mass is 1260 g/mol. The number of hydrogen-bond donors (Lipinski definition) is 2. The molecular weight excluding hydrogens is 1200 g/mol. The summed E-state index contributed by atoms with van der Waals surface area (Å²) in [6.45, 7) is 15.0. The number of fused-ring (bicyclic) bond motifs is 8. The van der Waals surface area contributed by atoms with Crippen LogP contribution in [0.1, 0.15) is 96.9 Å². The molecule has 0 aliphatic carbocycles. The summed E-state index contributed by atoms with van der Waals surface area (Å²) in [5.74, 6) is 1.55. The number of aromatic nitrogens is 14. The number of nitrogens with one attached hydrogen (secondary N) is 2. The molecular formula is C64H70BClN18O8. The van der Waals surface area contributed by atoms with Gasteiger partial charge in [-0.05, 0) is 110 Å². The number of carbonyl (C=O) groups is 2. The molecule has 28 heteroatoms. The van der Waals surface area contributed by atoms with Gasteiger partial charge in [-0.25, -0.2) is 9.97 Å². The van der Waals surface area contributed by atoms with Crippen LogP contribution in [0.4, 0.5) is 23.0 Å². The zero-order chi connectivity index (χ0) is 64.5. The van der Waals surface area contributed by atoms with E-state index in [9.17, 15) is 28.8 Å². The van der Waals surface area contributed by atoms with Gasteiger partial charge in [0.05, 0.1) is 75.0 Å². The van der Waals surface area contributed by atoms with E-state index in [1.165, 1.54) is 21.5 Å². The summed E-state index contributed by atoms with van der Waals surface area (Å²) in [5, 5.41) is 27.3. The van der Waals surface area contributed by atoms with E-state index in [4.69, 9.17) is 20.9 Å². The molecule has 0 amide bonds. The normalized spacial score (nSPS) is 16.6. The number of nitrogens with zero attached hydrogens (tertiary/aromatic N) is 16. The van der Waals surface area contributed by atoms with Gasteiger partial charge in [-0.3, -0.25) is 47.9 Å². The third kappa shape index (κ3) is 11.4. The van der Waals surface area contributed by atoms with Crippen molar-refractivity contribution < 1.29 is 18.9 Å².